The molecule has 1 heterocycles. The SMILES string of the molecule is NC(=O)[C@@H](CCC(F)(F)F)N(C[C@H]1COCCO1)S(=O)(=O)c1ccc(Cl)cc1. The fraction of sp³-hybridized carbons (Fsp3) is 0.562. The number of carbonyl (C=O) groups is 1. The molecule has 12 heteroatoms. The van der Waals surface area contributed by atoms with Gasteiger partial charge in [0.25, 0.3) is 0 Å². The highest BCUT2D eigenvalue weighted by Crippen LogP contribution is 2.27. The largest absolute Gasteiger partial charge is 0.389 e. The van der Waals surface area contributed by atoms with Crippen LogP contribution >= 0.6 is 11.6 Å². The first-order valence-corrected chi connectivity index (χ1v) is 10.2. The zero-order chi connectivity index (χ0) is 20.9. The Morgan fingerprint density at radius 1 is 1.29 bits per heavy atom. The average molecular weight is 445 g/mol. The first kappa shape index (κ1) is 22.9. The molecule has 1 fully saturated rings. The van der Waals surface area contributed by atoms with Crippen molar-refractivity contribution in [1.82, 2.24) is 4.31 Å². The monoisotopic (exact) mass is 444 g/mol. The summed E-state index contributed by atoms with van der Waals surface area (Å²) in [5.41, 5.74) is 5.27. The number of sulfonamides is 1. The third-order valence-electron chi connectivity index (χ3n) is 4.07. The molecule has 0 bridgehead atoms. The van der Waals surface area contributed by atoms with Crippen molar-refractivity contribution in [2.45, 2.75) is 36.1 Å². The lowest BCUT2D eigenvalue weighted by molar-refractivity contribution is -0.141. The molecule has 0 radical (unpaired) electrons. The number of ether oxygens (including phenoxy) is 2. The number of benzene rings is 1. The van der Waals surface area contributed by atoms with Crippen LogP contribution in [0.1, 0.15) is 12.8 Å². The van der Waals surface area contributed by atoms with Crippen molar-refractivity contribution in [2.24, 2.45) is 5.73 Å². The Bertz CT molecular complexity index is 767. The maximum atomic E-state index is 13.1. The molecule has 0 saturated carbocycles. The van der Waals surface area contributed by atoms with Gasteiger partial charge in [-0.05, 0) is 30.7 Å². The molecule has 1 aromatic rings. The van der Waals surface area contributed by atoms with Crippen molar-refractivity contribution < 1.29 is 35.9 Å². The summed E-state index contributed by atoms with van der Waals surface area (Å²) < 4.78 is 75.5. The third kappa shape index (κ3) is 6.31. The predicted octanol–water partition coefficient (Wildman–Crippen LogP) is 1.94. The van der Waals surface area contributed by atoms with Crippen molar-refractivity contribution in [2.75, 3.05) is 26.4 Å². The van der Waals surface area contributed by atoms with Gasteiger partial charge in [0.2, 0.25) is 15.9 Å². The molecule has 2 atom stereocenters. The quantitative estimate of drug-likeness (QED) is 0.660. The van der Waals surface area contributed by atoms with Crippen LogP contribution in [0.25, 0.3) is 0 Å². The summed E-state index contributed by atoms with van der Waals surface area (Å²) in [4.78, 5) is 11.7. The molecule has 2 N–H and O–H groups in total. The molecule has 28 heavy (non-hydrogen) atoms. The van der Waals surface area contributed by atoms with Gasteiger partial charge in [0.15, 0.2) is 0 Å². The average Bonchev–Trinajstić information content (AvgIpc) is 2.61. The van der Waals surface area contributed by atoms with E-state index in [9.17, 15) is 26.4 Å². The molecule has 1 aromatic carbocycles. The fourth-order valence-corrected chi connectivity index (χ4v) is 4.49. The molecule has 1 amide bonds. The van der Waals surface area contributed by atoms with E-state index in [0.29, 0.717) is 10.9 Å². The van der Waals surface area contributed by atoms with E-state index in [0.717, 1.165) is 0 Å². The standard InChI is InChI=1S/C16H20ClF3N2O5S/c17-11-1-3-13(4-2-11)28(24,25)22(9-12-10-26-7-8-27-12)14(15(21)23)5-6-16(18,19)20/h1-4,12,14H,5-10H2,(H2,21,23)/t12-,14+/m0/s1. The molecule has 158 valence electrons. The van der Waals surface area contributed by atoms with Crippen LogP contribution in [0.15, 0.2) is 29.2 Å². The first-order chi connectivity index (χ1) is 13.0. The van der Waals surface area contributed by atoms with Crippen LogP contribution in [-0.4, -0.2) is 63.3 Å². The van der Waals surface area contributed by atoms with Crippen LogP contribution in [-0.2, 0) is 24.3 Å². The minimum atomic E-state index is -4.58. The summed E-state index contributed by atoms with van der Waals surface area (Å²) >= 11 is 5.77. The highest BCUT2D eigenvalue weighted by Gasteiger charge is 2.39. The molecule has 1 saturated heterocycles. The zero-order valence-corrected chi connectivity index (χ0v) is 16.3. The Hall–Kier alpha value is -1.40. The van der Waals surface area contributed by atoms with Crippen molar-refractivity contribution in [3.63, 3.8) is 0 Å². The highest BCUT2D eigenvalue weighted by atomic mass is 35.5. The second-order valence-corrected chi connectivity index (χ2v) is 8.50. The van der Waals surface area contributed by atoms with Crippen molar-refractivity contribution in [3.8, 4) is 0 Å². The summed E-state index contributed by atoms with van der Waals surface area (Å²) in [5, 5.41) is 0.276. The molecule has 0 aliphatic carbocycles. The molecule has 0 unspecified atom stereocenters. The lowest BCUT2D eigenvalue weighted by atomic mass is 10.1. The van der Waals surface area contributed by atoms with Crippen LogP contribution in [0.4, 0.5) is 13.2 Å². The lowest BCUT2D eigenvalue weighted by Gasteiger charge is -2.33. The number of alkyl halides is 3. The summed E-state index contributed by atoms with van der Waals surface area (Å²) in [6.45, 7) is 0.171. The normalized spacial score (nSPS) is 19.5. The number of nitrogens with zero attached hydrogens (tertiary/aromatic N) is 1. The molecule has 2 rings (SSSR count). The van der Waals surface area contributed by atoms with Gasteiger partial charge >= 0.3 is 6.18 Å². The molecule has 0 spiro atoms. The maximum absolute atomic E-state index is 13.1. The Balaban J connectivity index is 2.38. The number of halogens is 4. The summed E-state index contributed by atoms with van der Waals surface area (Å²) in [7, 11) is -4.36. The van der Waals surface area contributed by atoms with Crippen LogP contribution in [0.2, 0.25) is 5.02 Å². The summed E-state index contributed by atoms with van der Waals surface area (Å²) in [6.07, 6.45) is -7.49. The van der Waals surface area contributed by atoms with Gasteiger partial charge in [-0.15, -0.1) is 0 Å². The molecule has 1 aliphatic rings. The first-order valence-electron chi connectivity index (χ1n) is 8.33. The van der Waals surface area contributed by atoms with E-state index in [1.165, 1.54) is 24.3 Å². The van der Waals surface area contributed by atoms with Crippen molar-refractivity contribution >= 4 is 27.5 Å². The van der Waals surface area contributed by atoms with E-state index < -0.39 is 47.1 Å². The fourth-order valence-electron chi connectivity index (χ4n) is 2.71. The Kier molecular flexibility index (Phi) is 7.68. The van der Waals surface area contributed by atoms with E-state index in [2.05, 4.69) is 0 Å². The van der Waals surface area contributed by atoms with Gasteiger partial charge < -0.3 is 15.2 Å². The van der Waals surface area contributed by atoms with Gasteiger partial charge in [-0.1, -0.05) is 11.6 Å². The minimum Gasteiger partial charge on any atom is -0.376 e. The number of hydrogen-bond donors (Lipinski definition) is 1. The molecule has 0 aromatic heterocycles. The lowest BCUT2D eigenvalue weighted by Crippen LogP contribution is -2.52. The van der Waals surface area contributed by atoms with Gasteiger partial charge in [0, 0.05) is 18.0 Å². The Morgan fingerprint density at radius 2 is 1.93 bits per heavy atom. The van der Waals surface area contributed by atoms with E-state index in [4.69, 9.17) is 26.8 Å². The maximum Gasteiger partial charge on any atom is 0.389 e. The number of hydrogen-bond acceptors (Lipinski definition) is 5. The molecular weight excluding hydrogens is 425 g/mol. The number of carbonyl (C=O) groups excluding carboxylic acids is 1. The Labute approximate surface area is 165 Å². The van der Waals surface area contributed by atoms with E-state index in [-0.39, 0.29) is 29.7 Å². The smallest absolute Gasteiger partial charge is 0.376 e. The van der Waals surface area contributed by atoms with Gasteiger partial charge in [-0.25, -0.2) is 8.42 Å². The van der Waals surface area contributed by atoms with Gasteiger partial charge in [0.05, 0.1) is 30.8 Å². The minimum absolute atomic E-state index is 0.0391. The zero-order valence-electron chi connectivity index (χ0n) is 14.7. The van der Waals surface area contributed by atoms with Crippen LogP contribution in [0, 0.1) is 0 Å². The number of nitrogens with two attached hydrogens (primary N) is 1. The summed E-state index contributed by atoms with van der Waals surface area (Å²) in [6, 6.07) is 3.34. The van der Waals surface area contributed by atoms with Gasteiger partial charge in [-0.3, -0.25) is 4.79 Å². The second-order valence-electron chi connectivity index (χ2n) is 6.17. The number of amides is 1. The van der Waals surface area contributed by atoms with E-state index in [1.54, 1.807) is 0 Å². The predicted molar refractivity (Wildman–Crippen MR) is 94.2 cm³/mol. The topological polar surface area (TPSA) is 98.9 Å². The van der Waals surface area contributed by atoms with Crippen molar-refractivity contribution in [1.29, 1.82) is 0 Å². The highest BCUT2D eigenvalue weighted by molar-refractivity contribution is 7.89. The van der Waals surface area contributed by atoms with E-state index in [1.807, 2.05) is 0 Å². The molecule has 7 nitrogen and oxygen atoms in total. The van der Waals surface area contributed by atoms with Gasteiger partial charge in [0.1, 0.15) is 6.04 Å². The third-order valence-corrected chi connectivity index (χ3v) is 6.21. The molecule has 1 aliphatic heterocycles. The number of rotatable bonds is 8. The Morgan fingerprint density at radius 3 is 2.43 bits per heavy atom. The summed E-state index contributed by atoms with van der Waals surface area (Å²) in [5.74, 6) is -1.18. The van der Waals surface area contributed by atoms with Crippen molar-refractivity contribution in [3.05, 3.63) is 29.3 Å². The second kappa shape index (κ2) is 9.40. The van der Waals surface area contributed by atoms with Crippen LogP contribution in [0.5, 0.6) is 0 Å². The van der Waals surface area contributed by atoms with Crippen LogP contribution < -0.4 is 5.73 Å². The number of primary amides is 1. The van der Waals surface area contributed by atoms with Gasteiger partial charge in [-0.2, -0.15) is 17.5 Å². The van der Waals surface area contributed by atoms with E-state index >= 15 is 0 Å². The molecular formula is C16H20ClF3N2O5S. The van der Waals surface area contributed by atoms with Crippen LogP contribution in [0.3, 0.4) is 0 Å².